The second kappa shape index (κ2) is 8.69. The molecule has 0 aliphatic carbocycles. The zero-order valence-electron chi connectivity index (χ0n) is 12.2. The summed E-state index contributed by atoms with van der Waals surface area (Å²) in [7, 11) is 0. The van der Waals surface area contributed by atoms with E-state index >= 15 is 0 Å². The van der Waals surface area contributed by atoms with Crippen LogP contribution in [0, 0.1) is 0 Å². The standard InChI is InChI=1S/C3H8N.3C3H7O.Sn/c1-2-3-4;3*1-3(2)4;/h1-4H2;3*3H,1-2H3;/q;3*-1;+3. The third kappa shape index (κ3) is 8.37. The van der Waals surface area contributed by atoms with E-state index < -0.39 is 19.6 Å². The Hall–Kier alpha value is 0.639. The van der Waals surface area contributed by atoms with Crippen molar-refractivity contribution in [3.05, 3.63) is 0 Å². The Morgan fingerprint density at radius 3 is 1.41 bits per heavy atom. The number of hydrogen-bond acceptors (Lipinski definition) is 4. The van der Waals surface area contributed by atoms with Gasteiger partial charge in [-0.3, -0.25) is 0 Å². The molecule has 0 unspecified atom stereocenters. The molecular weight excluding hydrogens is 325 g/mol. The zero-order chi connectivity index (χ0) is 13.5. The summed E-state index contributed by atoms with van der Waals surface area (Å²) in [6.45, 7) is 12.8. The van der Waals surface area contributed by atoms with E-state index in [0.717, 1.165) is 10.9 Å². The third-order valence-corrected chi connectivity index (χ3v) is 11.8. The Bertz CT molecular complexity index is 172. The average Bonchev–Trinajstić information content (AvgIpc) is 2.11. The first kappa shape index (κ1) is 17.6. The minimum atomic E-state index is -3.42. The Morgan fingerprint density at radius 1 is 0.824 bits per heavy atom. The molecule has 0 amide bonds. The summed E-state index contributed by atoms with van der Waals surface area (Å²) in [5, 5.41) is 0. The van der Waals surface area contributed by atoms with E-state index in [1.165, 1.54) is 0 Å². The van der Waals surface area contributed by atoms with Crippen LogP contribution in [0.4, 0.5) is 0 Å². The van der Waals surface area contributed by atoms with Gasteiger partial charge >= 0.3 is 112 Å². The van der Waals surface area contributed by atoms with Crippen LogP contribution in [-0.2, 0) is 9.22 Å². The van der Waals surface area contributed by atoms with Crippen molar-refractivity contribution in [3.63, 3.8) is 0 Å². The fraction of sp³-hybridized carbons (Fsp3) is 1.00. The molecule has 0 saturated carbocycles. The maximum atomic E-state index is 6.07. The average molecular weight is 354 g/mol. The van der Waals surface area contributed by atoms with E-state index in [-0.39, 0.29) is 18.3 Å². The van der Waals surface area contributed by atoms with Crippen LogP contribution in [-0.4, -0.2) is 44.5 Å². The van der Waals surface area contributed by atoms with E-state index in [0.29, 0.717) is 6.54 Å². The molecule has 0 aromatic rings. The molecule has 0 spiro atoms. The second-order valence-corrected chi connectivity index (χ2v) is 12.4. The van der Waals surface area contributed by atoms with Crippen LogP contribution in [0.1, 0.15) is 48.0 Å². The van der Waals surface area contributed by atoms with E-state index in [1.807, 2.05) is 41.5 Å². The van der Waals surface area contributed by atoms with E-state index in [9.17, 15) is 0 Å². The van der Waals surface area contributed by atoms with Crippen molar-refractivity contribution in [2.75, 3.05) is 6.54 Å². The molecule has 0 fully saturated rings. The summed E-state index contributed by atoms with van der Waals surface area (Å²) in [5.41, 5.74) is 5.60. The molecule has 2 N–H and O–H groups in total. The van der Waals surface area contributed by atoms with E-state index in [1.54, 1.807) is 0 Å². The molecule has 4 nitrogen and oxygen atoms in total. The van der Waals surface area contributed by atoms with Gasteiger partial charge in [-0.2, -0.15) is 0 Å². The molecule has 0 saturated heterocycles. The molecule has 0 aromatic carbocycles. The first-order valence-electron chi connectivity index (χ1n) is 6.55. The van der Waals surface area contributed by atoms with Crippen LogP contribution < -0.4 is 5.73 Å². The minimum absolute atomic E-state index is 0.140. The summed E-state index contributed by atoms with van der Waals surface area (Å²) in [4.78, 5) is 0. The summed E-state index contributed by atoms with van der Waals surface area (Å²) >= 11 is -3.42. The zero-order valence-corrected chi connectivity index (χ0v) is 15.0. The van der Waals surface area contributed by atoms with Crippen molar-refractivity contribution in [3.8, 4) is 0 Å². The summed E-state index contributed by atoms with van der Waals surface area (Å²) in [6.07, 6.45) is 1.32. The predicted octanol–water partition coefficient (Wildman–Crippen LogP) is 2.55. The molecule has 0 aliphatic rings. The Kier molecular flexibility index (Phi) is 9.02. The predicted molar refractivity (Wildman–Crippen MR) is 72.9 cm³/mol. The number of hydrogen-bond donors (Lipinski definition) is 1. The molecule has 0 heterocycles. The Morgan fingerprint density at radius 2 is 1.18 bits per heavy atom. The van der Waals surface area contributed by atoms with Crippen LogP contribution in [0.2, 0.25) is 4.44 Å². The molecule has 0 bridgehead atoms. The molecular formula is C12H29NO3Sn. The normalized spacial score (nSPS) is 13.1. The Labute approximate surface area is 112 Å². The molecule has 0 radical (unpaired) electrons. The van der Waals surface area contributed by atoms with Gasteiger partial charge in [-0.25, -0.2) is 0 Å². The molecule has 5 heteroatoms. The molecule has 0 rings (SSSR count). The van der Waals surface area contributed by atoms with Crippen molar-refractivity contribution < 1.29 is 9.22 Å². The molecule has 0 aliphatic heterocycles. The molecule has 104 valence electrons. The van der Waals surface area contributed by atoms with Gasteiger partial charge in [0.15, 0.2) is 0 Å². The maximum absolute atomic E-state index is 6.07. The SMILES string of the molecule is CC(C)[O][Sn]([CH2]CCN)([O]C(C)C)[O]C(C)C. The van der Waals surface area contributed by atoms with Gasteiger partial charge in [0, 0.05) is 0 Å². The first-order valence-corrected chi connectivity index (χ1v) is 12.1. The van der Waals surface area contributed by atoms with Crippen LogP contribution in [0.5, 0.6) is 0 Å². The third-order valence-electron chi connectivity index (χ3n) is 1.93. The molecule has 17 heavy (non-hydrogen) atoms. The summed E-state index contributed by atoms with van der Waals surface area (Å²) in [6, 6.07) is 0. The second-order valence-electron chi connectivity index (χ2n) is 5.08. The first-order chi connectivity index (χ1) is 7.81. The topological polar surface area (TPSA) is 53.7 Å². The van der Waals surface area contributed by atoms with Crippen molar-refractivity contribution in [2.45, 2.75) is 70.7 Å². The van der Waals surface area contributed by atoms with Gasteiger partial charge in [0.1, 0.15) is 0 Å². The van der Waals surface area contributed by atoms with E-state index in [2.05, 4.69) is 0 Å². The van der Waals surface area contributed by atoms with Gasteiger partial charge in [0.05, 0.1) is 0 Å². The van der Waals surface area contributed by atoms with Crippen LogP contribution in [0.15, 0.2) is 0 Å². The summed E-state index contributed by atoms with van der Waals surface area (Å²) in [5.74, 6) is 0. The van der Waals surface area contributed by atoms with E-state index in [4.69, 9.17) is 15.0 Å². The van der Waals surface area contributed by atoms with Gasteiger partial charge < -0.3 is 0 Å². The number of rotatable bonds is 9. The summed E-state index contributed by atoms with van der Waals surface area (Å²) < 4.78 is 19.1. The Balaban J connectivity index is 4.76. The van der Waals surface area contributed by atoms with Crippen molar-refractivity contribution in [1.29, 1.82) is 0 Å². The monoisotopic (exact) mass is 355 g/mol. The molecule has 0 atom stereocenters. The quantitative estimate of drug-likeness (QED) is 0.647. The molecule has 0 aromatic heterocycles. The van der Waals surface area contributed by atoms with Crippen molar-refractivity contribution >= 4 is 19.6 Å². The fourth-order valence-electron chi connectivity index (χ4n) is 1.66. The fourth-order valence-corrected chi connectivity index (χ4v) is 11.1. The van der Waals surface area contributed by atoms with Gasteiger partial charge in [-0.05, 0) is 0 Å². The van der Waals surface area contributed by atoms with Gasteiger partial charge in [-0.15, -0.1) is 0 Å². The van der Waals surface area contributed by atoms with Crippen LogP contribution >= 0.6 is 0 Å². The van der Waals surface area contributed by atoms with Crippen LogP contribution in [0.25, 0.3) is 0 Å². The van der Waals surface area contributed by atoms with Gasteiger partial charge in [0.2, 0.25) is 0 Å². The van der Waals surface area contributed by atoms with Crippen molar-refractivity contribution in [1.82, 2.24) is 0 Å². The van der Waals surface area contributed by atoms with Gasteiger partial charge in [-0.1, -0.05) is 0 Å². The number of nitrogens with two attached hydrogens (primary N) is 1. The van der Waals surface area contributed by atoms with Gasteiger partial charge in [0.25, 0.3) is 0 Å². The van der Waals surface area contributed by atoms with Crippen molar-refractivity contribution in [2.24, 2.45) is 5.73 Å². The van der Waals surface area contributed by atoms with Crippen LogP contribution in [0.3, 0.4) is 0 Å².